The number of fused-ring (bicyclic) bond motifs is 1. The van der Waals surface area contributed by atoms with Crippen LogP contribution in [0.3, 0.4) is 0 Å². The molecule has 0 aliphatic carbocycles. The molecule has 0 fully saturated rings. The first-order chi connectivity index (χ1) is 16.8. The number of amidine groups is 1. The summed E-state index contributed by atoms with van der Waals surface area (Å²) >= 11 is 5.63. The second kappa shape index (κ2) is 12.1. The normalized spacial score (nSPS) is 12.4. The number of carbonyl (C=O) groups is 1. The van der Waals surface area contributed by atoms with Crippen molar-refractivity contribution in [2.24, 2.45) is 10.7 Å². The predicted octanol–water partition coefficient (Wildman–Crippen LogP) is 0.284. The van der Waals surface area contributed by atoms with Crippen molar-refractivity contribution in [3.8, 4) is 0 Å². The molecule has 1 amide bonds. The zero-order chi connectivity index (χ0) is 25.4. The summed E-state index contributed by atoms with van der Waals surface area (Å²) in [5.41, 5.74) is 6.71. The molecule has 3 aromatic rings. The van der Waals surface area contributed by atoms with Crippen LogP contribution in [0.2, 0.25) is 0 Å². The van der Waals surface area contributed by atoms with Crippen LogP contribution >= 0.6 is 11.6 Å². The van der Waals surface area contributed by atoms with E-state index in [1.807, 2.05) is 0 Å². The first-order valence-electron chi connectivity index (χ1n) is 10.5. The number of aliphatic imine (C=N–C) groups is 1. The minimum Gasteiger partial charge on any atom is -0.423 e. The molecule has 0 saturated carbocycles. The minimum absolute atomic E-state index is 0.0435. The summed E-state index contributed by atoms with van der Waals surface area (Å²) in [6.07, 6.45) is 0.826. The highest BCUT2D eigenvalue weighted by atomic mass is 35.5. The molecule has 1 atom stereocenters. The number of aromatic nitrogens is 2. The van der Waals surface area contributed by atoms with Crippen molar-refractivity contribution < 1.29 is 24.4 Å². The number of nitro groups is 1. The van der Waals surface area contributed by atoms with Gasteiger partial charge in [-0.05, 0) is 40.2 Å². The zero-order valence-electron chi connectivity index (χ0n) is 18.4. The molecular weight excluding hydrogens is 481 g/mol. The summed E-state index contributed by atoms with van der Waals surface area (Å²) in [7, 11) is -1.62. The number of carbonyl (C=O) groups excluding carboxylic acids is 1. The molecule has 184 valence electrons. The van der Waals surface area contributed by atoms with Crippen LogP contribution in [0.25, 0.3) is 11.0 Å². The summed E-state index contributed by atoms with van der Waals surface area (Å²) in [5, 5.41) is 43.1. The lowest BCUT2D eigenvalue weighted by molar-refractivity contribution is -0.383. The van der Waals surface area contributed by atoms with E-state index in [9.17, 15) is 25.0 Å². The Balaban J connectivity index is 1.77. The maximum Gasteiger partial charge on any atom is 0.488 e. The molecule has 1 aromatic heterocycles. The highest BCUT2D eigenvalue weighted by molar-refractivity contribution is 6.58. The summed E-state index contributed by atoms with van der Waals surface area (Å²) in [6.45, 7) is 0.484. The van der Waals surface area contributed by atoms with Gasteiger partial charge in [-0.1, -0.05) is 24.3 Å². The van der Waals surface area contributed by atoms with Gasteiger partial charge < -0.3 is 26.4 Å². The van der Waals surface area contributed by atoms with E-state index in [4.69, 9.17) is 17.3 Å². The van der Waals surface area contributed by atoms with E-state index in [0.717, 1.165) is 0 Å². The highest BCUT2D eigenvalue weighted by Crippen LogP contribution is 2.29. The van der Waals surface area contributed by atoms with E-state index in [1.54, 1.807) is 24.3 Å². The fraction of sp³-hybridized carbons (Fsp3) is 0.300. The molecule has 0 spiro atoms. The van der Waals surface area contributed by atoms with Gasteiger partial charge in [0, 0.05) is 19.2 Å². The average molecular weight is 504 g/mol. The minimum atomic E-state index is -1.62. The van der Waals surface area contributed by atoms with E-state index < -0.39 is 18.1 Å². The van der Waals surface area contributed by atoms with Gasteiger partial charge in [0.15, 0.2) is 5.52 Å². The van der Waals surface area contributed by atoms with Gasteiger partial charge in [-0.3, -0.25) is 19.9 Å². The number of nitrogens with two attached hydrogens (primary N) is 1. The molecular formula is C20H23BClN7O6. The van der Waals surface area contributed by atoms with Crippen LogP contribution in [0.5, 0.6) is 0 Å². The van der Waals surface area contributed by atoms with Gasteiger partial charge in [0.25, 0.3) is 0 Å². The molecule has 3 rings (SSSR count). The first kappa shape index (κ1) is 25.9. The number of nitrogens with zero attached hydrogens (tertiary/aromatic N) is 4. The molecule has 2 aromatic carbocycles. The van der Waals surface area contributed by atoms with Gasteiger partial charge in [0.1, 0.15) is 11.9 Å². The Kier molecular flexibility index (Phi) is 8.95. The van der Waals surface area contributed by atoms with Gasteiger partial charge in [0.05, 0.1) is 16.5 Å². The number of non-ortho nitro benzene ring substituents is 1. The summed E-state index contributed by atoms with van der Waals surface area (Å²) in [6, 6.07) is 8.42. The third-order valence-corrected chi connectivity index (χ3v) is 5.33. The number of hydrogen-bond acceptors (Lipinski definition) is 10. The standard InChI is InChI=1S/C20H23BClN7O6/c22-10-17(23)24-8-2-5-15(20(30)25-11-12-3-1-4-13(9-12)21(31)32)26-14-6-7-16(29(33)34)19-18(14)27-35-28-19/h1,3-4,6-7,9,15,26,31-32H,2,5,8,10-11H2,(H2,23,24)(H,25,30). The number of hydrogen-bond donors (Lipinski definition) is 5. The number of amides is 1. The first-order valence-corrected chi connectivity index (χ1v) is 11.1. The van der Waals surface area contributed by atoms with E-state index in [2.05, 4.69) is 30.6 Å². The maximum atomic E-state index is 13.1. The van der Waals surface area contributed by atoms with Crippen LogP contribution in [0.15, 0.2) is 46.0 Å². The lowest BCUT2D eigenvalue weighted by Crippen LogP contribution is -2.40. The fourth-order valence-electron chi connectivity index (χ4n) is 3.31. The van der Waals surface area contributed by atoms with Gasteiger partial charge in [-0.2, -0.15) is 0 Å². The molecule has 0 radical (unpaired) electrons. The molecule has 35 heavy (non-hydrogen) atoms. The number of nitro benzene ring substituents is 1. The van der Waals surface area contributed by atoms with Crippen LogP contribution in [0.1, 0.15) is 18.4 Å². The van der Waals surface area contributed by atoms with Crippen molar-refractivity contribution in [3.63, 3.8) is 0 Å². The Morgan fingerprint density at radius 3 is 2.77 bits per heavy atom. The van der Waals surface area contributed by atoms with Crippen LogP contribution in [-0.4, -0.2) is 62.6 Å². The molecule has 0 aliphatic rings. The summed E-state index contributed by atoms with van der Waals surface area (Å²) < 4.78 is 4.68. The Morgan fingerprint density at radius 1 is 1.29 bits per heavy atom. The SMILES string of the molecule is NC(CCl)=NCCCC(Nc1ccc([N+](=O)[O-])c2nonc12)C(=O)NCc1cccc(B(O)O)c1. The monoisotopic (exact) mass is 503 g/mol. The molecule has 15 heteroatoms. The largest absolute Gasteiger partial charge is 0.488 e. The van der Waals surface area contributed by atoms with E-state index >= 15 is 0 Å². The highest BCUT2D eigenvalue weighted by Gasteiger charge is 2.24. The zero-order valence-corrected chi connectivity index (χ0v) is 19.2. The Morgan fingerprint density at radius 2 is 2.06 bits per heavy atom. The molecule has 13 nitrogen and oxygen atoms in total. The van der Waals surface area contributed by atoms with E-state index in [1.165, 1.54) is 12.1 Å². The number of anilines is 1. The predicted molar refractivity (Wildman–Crippen MR) is 130 cm³/mol. The fourth-order valence-corrected chi connectivity index (χ4v) is 3.39. The van der Waals surface area contributed by atoms with Gasteiger partial charge in [-0.15, -0.1) is 11.6 Å². The van der Waals surface area contributed by atoms with Crippen molar-refractivity contribution in [3.05, 3.63) is 52.1 Å². The lowest BCUT2D eigenvalue weighted by atomic mass is 9.79. The van der Waals surface area contributed by atoms with E-state index in [-0.39, 0.29) is 40.9 Å². The molecule has 0 aliphatic heterocycles. The van der Waals surface area contributed by atoms with Crippen molar-refractivity contribution in [1.29, 1.82) is 0 Å². The van der Waals surface area contributed by atoms with Crippen LogP contribution in [0.4, 0.5) is 11.4 Å². The van der Waals surface area contributed by atoms with E-state index in [0.29, 0.717) is 36.1 Å². The molecule has 0 saturated heterocycles. The Hall–Kier alpha value is -3.75. The summed E-state index contributed by atoms with van der Waals surface area (Å²) in [4.78, 5) is 27.8. The van der Waals surface area contributed by atoms with Crippen molar-refractivity contribution >= 4 is 58.3 Å². The molecule has 0 bridgehead atoms. The molecule has 1 heterocycles. The van der Waals surface area contributed by atoms with Crippen molar-refractivity contribution in [1.82, 2.24) is 15.6 Å². The van der Waals surface area contributed by atoms with Crippen molar-refractivity contribution in [2.75, 3.05) is 17.7 Å². The topological polar surface area (TPSA) is 202 Å². The molecule has 6 N–H and O–H groups in total. The third-order valence-electron chi connectivity index (χ3n) is 5.06. The van der Waals surface area contributed by atoms with Crippen LogP contribution in [0, 0.1) is 10.1 Å². The smallest absolute Gasteiger partial charge is 0.423 e. The van der Waals surface area contributed by atoms with Gasteiger partial charge >= 0.3 is 12.8 Å². The third kappa shape index (κ3) is 6.88. The average Bonchev–Trinajstić information content (AvgIpc) is 3.34. The molecule has 1 unspecified atom stereocenters. The number of halogens is 1. The Bertz CT molecular complexity index is 1220. The maximum absolute atomic E-state index is 13.1. The number of alkyl halides is 1. The lowest BCUT2D eigenvalue weighted by Gasteiger charge is -2.19. The second-order valence-corrected chi connectivity index (χ2v) is 7.80. The number of nitrogens with one attached hydrogen (secondary N) is 2. The summed E-state index contributed by atoms with van der Waals surface area (Å²) in [5.74, 6) is 0.0264. The quantitative estimate of drug-likeness (QED) is 0.0434. The number of benzene rings is 2. The van der Waals surface area contributed by atoms with Crippen LogP contribution in [-0.2, 0) is 11.3 Å². The van der Waals surface area contributed by atoms with Gasteiger partial charge in [0.2, 0.25) is 11.4 Å². The van der Waals surface area contributed by atoms with Crippen molar-refractivity contribution in [2.45, 2.75) is 25.4 Å². The second-order valence-electron chi connectivity index (χ2n) is 7.53. The number of rotatable bonds is 12. The Labute approximate surface area is 204 Å². The van der Waals surface area contributed by atoms with Crippen LogP contribution < -0.4 is 21.8 Å². The van der Waals surface area contributed by atoms with Gasteiger partial charge in [-0.25, -0.2) is 4.63 Å².